The molecule has 1 atom stereocenters. The van der Waals surface area contributed by atoms with E-state index in [2.05, 4.69) is 4.98 Å². The highest BCUT2D eigenvalue weighted by atomic mass is 19.1. The lowest BCUT2D eigenvalue weighted by atomic mass is 9.94. The van der Waals surface area contributed by atoms with Crippen molar-refractivity contribution >= 4 is 34.0 Å². The normalized spacial score (nSPS) is 16.8. The molecule has 1 fully saturated rings. The molecule has 0 radical (unpaired) electrons. The minimum atomic E-state index is -0.978. The first-order chi connectivity index (χ1) is 18.5. The number of aliphatic hydroxyl groups excluding tert-OH is 1. The van der Waals surface area contributed by atoms with E-state index in [1.165, 1.54) is 29.2 Å². The van der Waals surface area contributed by atoms with Gasteiger partial charge in [0.2, 0.25) is 0 Å². The molecule has 1 saturated heterocycles. The third-order valence-corrected chi connectivity index (χ3v) is 6.55. The first kappa shape index (κ1) is 23.2. The number of hydrogen-bond donors (Lipinski definition) is 2. The first-order valence-electron chi connectivity index (χ1n) is 12.0. The molecule has 0 bridgehead atoms. The van der Waals surface area contributed by atoms with Crippen LogP contribution in [0.1, 0.15) is 17.2 Å². The lowest BCUT2D eigenvalue weighted by molar-refractivity contribution is -0.132. The van der Waals surface area contributed by atoms with Crippen LogP contribution in [0.4, 0.5) is 10.1 Å². The minimum absolute atomic E-state index is 0.0686. The fourth-order valence-electron chi connectivity index (χ4n) is 4.80. The van der Waals surface area contributed by atoms with Crippen molar-refractivity contribution in [1.82, 2.24) is 4.98 Å². The van der Waals surface area contributed by atoms with Gasteiger partial charge in [0.05, 0.1) is 11.6 Å². The Kier molecular flexibility index (Phi) is 5.73. The number of amides is 1. The monoisotopic (exact) mass is 504 g/mol. The number of fused-ring (bicyclic) bond motifs is 1. The Morgan fingerprint density at radius 2 is 1.55 bits per heavy atom. The van der Waals surface area contributed by atoms with E-state index < -0.39 is 23.5 Å². The molecule has 38 heavy (non-hydrogen) atoms. The van der Waals surface area contributed by atoms with E-state index in [4.69, 9.17) is 4.74 Å². The summed E-state index contributed by atoms with van der Waals surface area (Å²) in [6.07, 6.45) is 1.61. The third kappa shape index (κ3) is 4.00. The molecule has 1 aliphatic rings. The zero-order valence-electron chi connectivity index (χ0n) is 20.0. The Labute approximate surface area is 217 Å². The molecule has 2 N–H and O–H groups in total. The SMILES string of the molecule is O=C1C(=O)N(c2ccc(F)cc2)C(c2cccc(Oc3ccccc3)c2)C1=C(O)c1c[nH]c2ccccc12. The predicted molar refractivity (Wildman–Crippen MR) is 142 cm³/mol. The minimum Gasteiger partial charge on any atom is -0.507 e. The second-order valence-corrected chi connectivity index (χ2v) is 8.88. The number of ketones is 1. The number of ether oxygens (including phenoxy) is 1. The van der Waals surface area contributed by atoms with Gasteiger partial charge in [0, 0.05) is 28.4 Å². The first-order valence-corrected chi connectivity index (χ1v) is 12.0. The highest BCUT2D eigenvalue weighted by Crippen LogP contribution is 2.43. The molecular formula is C31H21FN2O4. The van der Waals surface area contributed by atoms with Crippen molar-refractivity contribution in [1.29, 1.82) is 0 Å². The molecule has 1 amide bonds. The number of aromatic nitrogens is 1. The Morgan fingerprint density at radius 3 is 2.34 bits per heavy atom. The number of anilines is 1. The number of Topliss-reactive ketones (excluding diaryl/α,β-unsaturated/α-hetero) is 1. The number of nitrogens with zero attached hydrogens (tertiary/aromatic N) is 1. The standard InChI is InChI=1S/C31H21FN2O4/c32-20-13-15-21(16-14-20)34-28(19-7-6-10-23(17-19)38-22-8-2-1-3-9-22)27(30(36)31(34)37)29(35)25-18-33-26-12-5-4-11-24(25)26/h1-18,28,33,35H. The van der Waals surface area contributed by atoms with Gasteiger partial charge in [-0.2, -0.15) is 0 Å². The van der Waals surface area contributed by atoms with E-state index in [9.17, 15) is 19.1 Å². The summed E-state index contributed by atoms with van der Waals surface area (Å²) in [7, 11) is 0. The molecule has 4 aromatic carbocycles. The van der Waals surface area contributed by atoms with Crippen LogP contribution in [0.25, 0.3) is 16.7 Å². The van der Waals surface area contributed by atoms with E-state index in [-0.39, 0.29) is 11.3 Å². The fourth-order valence-corrected chi connectivity index (χ4v) is 4.80. The van der Waals surface area contributed by atoms with Crippen molar-refractivity contribution in [3.05, 3.63) is 132 Å². The molecule has 0 spiro atoms. The second-order valence-electron chi connectivity index (χ2n) is 8.88. The van der Waals surface area contributed by atoms with Gasteiger partial charge >= 0.3 is 0 Å². The zero-order chi connectivity index (χ0) is 26.2. The van der Waals surface area contributed by atoms with Gasteiger partial charge in [-0.3, -0.25) is 14.5 Å². The molecule has 0 aliphatic carbocycles. The van der Waals surface area contributed by atoms with Crippen molar-refractivity contribution in [2.24, 2.45) is 0 Å². The maximum atomic E-state index is 13.7. The predicted octanol–water partition coefficient (Wildman–Crippen LogP) is 6.73. The second kappa shape index (κ2) is 9.37. The Morgan fingerprint density at radius 1 is 0.842 bits per heavy atom. The molecule has 1 unspecified atom stereocenters. The summed E-state index contributed by atoms with van der Waals surface area (Å²) in [5.41, 5.74) is 1.98. The summed E-state index contributed by atoms with van der Waals surface area (Å²) in [4.78, 5) is 31.2. The topological polar surface area (TPSA) is 82.6 Å². The number of rotatable bonds is 5. The van der Waals surface area contributed by atoms with Crippen LogP contribution < -0.4 is 9.64 Å². The molecule has 2 heterocycles. The number of halogens is 1. The number of carbonyl (C=O) groups is 2. The number of carbonyl (C=O) groups excluding carboxylic acids is 2. The number of para-hydroxylation sites is 2. The highest BCUT2D eigenvalue weighted by Gasteiger charge is 2.47. The molecule has 186 valence electrons. The van der Waals surface area contributed by atoms with E-state index in [0.717, 1.165) is 5.52 Å². The number of aliphatic hydroxyl groups is 1. The van der Waals surface area contributed by atoms with Crippen LogP contribution in [0, 0.1) is 5.82 Å². The average molecular weight is 505 g/mol. The number of nitrogens with one attached hydrogen (secondary N) is 1. The van der Waals surface area contributed by atoms with Gasteiger partial charge < -0.3 is 14.8 Å². The highest BCUT2D eigenvalue weighted by molar-refractivity contribution is 6.51. The van der Waals surface area contributed by atoms with Crippen molar-refractivity contribution in [3.8, 4) is 11.5 Å². The maximum Gasteiger partial charge on any atom is 0.300 e. The van der Waals surface area contributed by atoms with Crippen LogP contribution >= 0.6 is 0 Å². The number of H-pyrrole nitrogens is 1. The molecular weight excluding hydrogens is 483 g/mol. The number of aromatic amines is 1. The summed E-state index contributed by atoms with van der Waals surface area (Å²) in [6.45, 7) is 0. The quantitative estimate of drug-likeness (QED) is 0.158. The summed E-state index contributed by atoms with van der Waals surface area (Å²) in [6, 6.07) is 27.9. The molecule has 6 nitrogen and oxygen atoms in total. The van der Waals surface area contributed by atoms with Gasteiger partial charge in [0.1, 0.15) is 23.1 Å². The Bertz CT molecular complexity index is 1710. The summed E-state index contributed by atoms with van der Waals surface area (Å²) in [5.74, 6) is -1.32. The molecule has 7 heteroatoms. The Balaban J connectivity index is 1.53. The molecule has 5 aromatic rings. The fraction of sp³-hybridized carbons (Fsp3) is 0.0323. The average Bonchev–Trinajstić information content (AvgIpc) is 3.49. The van der Waals surface area contributed by atoms with Gasteiger partial charge in [0.25, 0.3) is 11.7 Å². The van der Waals surface area contributed by atoms with Gasteiger partial charge in [-0.05, 0) is 60.2 Å². The van der Waals surface area contributed by atoms with E-state index in [1.54, 1.807) is 30.5 Å². The van der Waals surface area contributed by atoms with Gasteiger partial charge in [-0.15, -0.1) is 0 Å². The lowest BCUT2D eigenvalue weighted by Crippen LogP contribution is -2.29. The third-order valence-electron chi connectivity index (χ3n) is 6.55. The van der Waals surface area contributed by atoms with Crippen LogP contribution in [0.3, 0.4) is 0 Å². The summed E-state index contributed by atoms with van der Waals surface area (Å²) in [5, 5.41) is 12.2. The Hall–Kier alpha value is -5.17. The number of hydrogen-bond acceptors (Lipinski definition) is 4. The van der Waals surface area contributed by atoms with E-state index in [1.807, 2.05) is 54.6 Å². The molecule has 1 aromatic heterocycles. The number of benzene rings is 4. The van der Waals surface area contributed by atoms with Crippen LogP contribution in [0.5, 0.6) is 11.5 Å². The van der Waals surface area contributed by atoms with Crippen molar-refractivity contribution in [3.63, 3.8) is 0 Å². The van der Waals surface area contributed by atoms with E-state index >= 15 is 0 Å². The summed E-state index contributed by atoms with van der Waals surface area (Å²) < 4.78 is 19.7. The van der Waals surface area contributed by atoms with E-state index in [0.29, 0.717) is 33.7 Å². The van der Waals surface area contributed by atoms with Gasteiger partial charge in [0.15, 0.2) is 0 Å². The molecule has 0 saturated carbocycles. The smallest absolute Gasteiger partial charge is 0.300 e. The van der Waals surface area contributed by atoms with Crippen molar-refractivity contribution in [2.75, 3.05) is 4.90 Å². The van der Waals surface area contributed by atoms with Gasteiger partial charge in [-0.25, -0.2) is 4.39 Å². The van der Waals surface area contributed by atoms with Crippen molar-refractivity contribution < 1.29 is 23.8 Å². The largest absolute Gasteiger partial charge is 0.507 e. The molecule has 1 aliphatic heterocycles. The lowest BCUT2D eigenvalue weighted by Gasteiger charge is -2.25. The van der Waals surface area contributed by atoms with Crippen LogP contribution in [0.15, 0.2) is 115 Å². The van der Waals surface area contributed by atoms with Crippen LogP contribution in [-0.2, 0) is 9.59 Å². The van der Waals surface area contributed by atoms with Gasteiger partial charge in [-0.1, -0.05) is 48.5 Å². The summed E-state index contributed by atoms with van der Waals surface area (Å²) >= 11 is 0. The maximum absolute atomic E-state index is 13.7. The molecule has 6 rings (SSSR count). The zero-order valence-corrected chi connectivity index (χ0v) is 20.0. The van der Waals surface area contributed by atoms with Crippen LogP contribution in [0.2, 0.25) is 0 Å². The van der Waals surface area contributed by atoms with Crippen molar-refractivity contribution in [2.45, 2.75) is 6.04 Å². The van der Waals surface area contributed by atoms with Crippen LogP contribution in [-0.4, -0.2) is 21.8 Å².